The number of rotatable bonds is 5. The van der Waals surface area contributed by atoms with Gasteiger partial charge >= 0.3 is 0 Å². The normalized spacial score (nSPS) is 11.2. The van der Waals surface area contributed by atoms with Gasteiger partial charge in [0.15, 0.2) is 0 Å². The molecule has 0 aliphatic carbocycles. The fourth-order valence-corrected chi connectivity index (χ4v) is 4.51. The fraction of sp³-hybridized carbons (Fsp3) is 0.238. The van der Waals surface area contributed by atoms with Crippen LogP contribution in [0.15, 0.2) is 47.5 Å². The van der Waals surface area contributed by atoms with Crippen LogP contribution in [0.2, 0.25) is 0 Å². The van der Waals surface area contributed by atoms with Crippen LogP contribution in [-0.2, 0) is 17.8 Å². The molecule has 1 N–H and O–H groups in total. The van der Waals surface area contributed by atoms with E-state index >= 15 is 0 Å². The van der Waals surface area contributed by atoms with E-state index in [1.165, 1.54) is 22.2 Å². The fourth-order valence-electron chi connectivity index (χ4n) is 3.32. The second kappa shape index (κ2) is 7.52. The summed E-state index contributed by atoms with van der Waals surface area (Å²) in [7, 11) is 0. The molecule has 0 atom stereocenters. The molecule has 28 heavy (non-hydrogen) atoms. The van der Waals surface area contributed by atoms with Crippen molar-refractivity contribution in [1.82, 2.24) is 19.9 Å². The van der Waals surface area contributed by atoms with Gasteiger partial charge in [-0.25, -0.2) is 9.97 Å². The molecule has 0 fully saturated rings. The molecule has 0 spiro atoms. The highest BCUT2D eigenvalue weighted by molar-refractivity contribution is 7.25. The summed E-state index contributed by atoms with van der Waals surface area (Å²) in [5.41, 5.74) is 3.58. The summed E-state index contributed by atoms with van der Waals surface area (Å²) in [5.74, 6) is -0.203. The first kappa shape index (κ1) is 18.3. The number of hydrogen-bond acceptors (Lipinski definition) is 5. The van der Waals surface area contributed by atoms with Gasteiger partial charge in [-0.3, -0.25) is 14.2 Å². The van der Waals surface area contributed by atoms with Crippen LogP contribution in [0.25, 0.3) is 20.4 Å². The lowest BCUT2D eigenvalue weighted by Crippen LogP contribution is -2.33. The van der Waals surface area contributed by atoms with Crippen molar-refractivity contribution in [2.24, 2.45) is 0 Å². The molecule has 0 saturated heterocycles. The largest absolute Gasteiger partial charge is 0.354 e. The van der Waals surface area contributed by atoms with E-state index in [1.807, 2.05) is 50.2 Å². The Morgan fingerprint density at radius 1 is 1.21 bits per heavy atom. The Morgan fingerprint density at radius 3 is 2.79 bits per heavy atom. The number of pyridine rings is 1. The molecule has 0 aliphatic rings. The number of carbonyl (C=O) groups excluding carboxylic acids is 1. The Hall–Kier alpha value is -3.06. The Kier molecular flexibility index (Phi) is 4.92. The van der Waals surface area contributed by atoms with Gasteiger partial charge in [0.05, 0.1) is 11.8 Å². The molecular weight excluding hydrogens is 372 g/mol. The number of benzene rings is 1. The van der Waals surface area contributed by atoms with E-state index in [1.54, 1.807) is 0 Å². The zero-order valence-electron chi connectivity index (χ0n) is 15.7. The highest BCUT2D eigenvalue weighted by atomic mass is 32.1. The van der Waals surface area contributed by atoms with E-state index in [9.17, 15) is 9.59 Å². The van der Waals surface area contributed by atoms with Crippen LogP contribution in [0.3, 0.4) is 0 Å². The first-order valence-electron chi connectivity index (χ1n) is 9.09. The summed E-state index contributed by atoms with van der Waals surface area (Å²) in [4.78, 5) is 34.9. The van der Waals surface area contributed by atoms with Gasteiger partial charge in [-0.2, -0.15) is 0 Å². The summed E-state index contributed by atoms with van der Waals surface area (Å²) in [6, 6.07) is 11.9. The Labute approximate surface area is 165 Å². The number of carbonyl (C=O) groups is 1. The molecule has 3 aromatic heterocycles. The van der Waals surface area contributed by atoms with Crippen molar-refractivity contribution >= 4 is 37.7 Å². The molecule has 142 valence electrons. The Morgan fingerprint density at radius 2 is 2.00 bits per heavy atom. The predicted molar refractivity (Wildman–Crippen MR) is 112 cm³/mol. The van der Waals surface area contributed by atoms with Crippen molar-refractivity contribution in [2.45, 2.75) is 26.8 Å². The lowest BCUT2D eigenvalue weighted by atomic mass is 10.1. The van der Waals surface area contributed by atoms with Gasteiger partial charge in [-0.15, -0.1) is 11.3 Å². The van der Waals surface area contributed by atoms with E-state index in [2.05, 4.69) is 15.3 Å². The van der Waals surface area contributed by atoms with Crippen molar-refractivity contribution in [3.8, 4) is 0 Å². The number of aryl methyl sites for hydroxylation is 2. The number of nitrogens with one attached hydrogen (secondary N) is 1. The van der Waals surface area contributed by atoms with E-state index in [4.69, 9.17) is 0 Å². The van der Waals surface area contributed by atoms with Crippen LogP contribution < -0.4 is 10.9 Å². The third-order valence-corrected chi connectivity index (χ3v) is 5.70. The molecule has 0 saturated carbocycles. The second-order valence-corrected chi connectivity index (χ2v) is 7.80. The molecule has 0 unspecified atom stereocenters. The van der Waals surface area contributed by atoms with Crippen molar-refractivity contribution in [3.05, 3.63) is 69.9 Å². The number of amides is 1. The zero-order valence-corrected chi connectivity index (χ0v) is 16.5. The van der Waals surface area contributed by atoms with Gasteiger partial charge in [-0.1, -0.05) is 30.3 Å². The minimum atomic E-state index is -0.205. The summed E-state index contributed by atoms with van der Waals surface area (Å²) in [6.45, 7) is 4.41. The SMILES string of the molecule is Cc1cc(C)c2c(n1)sc1c(=O)n(CC(=O)NCCc3ccccc3)cnc12. The van der Waals surface area contributed by atoms with E-state index < -0.39 is 0 Å². The topological polar surface area (TPSA) is 76.9 Å². The summed E-state index contributed by atoms with van der Waals surface area (Å²) >= 11 is 1.33. The molecule has 3 heterocycles. The summed E-state index contributed by atoms with van der Waals surface area (Å²) in [6.07, 6.45) is 2.20. The smallest absolute Gasteiger partial charge is 0.271 e. The van der Waals surface area contributed by atoms with Crippen LogP contribution in [0.1, 0.15) is 16.8 Å². The van der Waals surface area contributed by atoms with Crippen molar-refractivity contribution in [3.63, 3.8) is 0 Å². The summed E-state index contributed by atoms with van der Waals surface area (Å²) in [5, 5.41) is 3.78. The lowest BCUT2D eigenvalue weighted by Gasteiger charge is -2.07. The van der Waals surface area contributed by atoms with E-state index in [-0.39, 0.29) is 18.0 Å². The average Bonchev–Trinajstić information content (AvgIpc) is 3.04. The quantitative estimate of drug-likeness (QED) is 0.566. The minimum Gasteiger partial charge on any atom is -0.354 e. The van der Waals surface area contributed by atoms with Gasteiger partial charge in [0.1, 0.15) is 16.1 Å². The molecule has 0 aliphatic heterocycles. The monoisotopic (exact) mass is 392 g/mol. The van der Waals surface area contributed by atoms with Gasteiger partial charge in [0.2, 0.25) is 5.91 Å². The van der Waals surface area contributed by atoms with Gasteiger partial charge < -0.3 is 5.32 Å². The number of thiophene rings is 1. The lowest BCUT2D eigenvalue weighted by molar-refractivity contribution is -0.121. The molecule has 6 nitrogen and oxygen atoms in total. The van der Waals surface area contributed by atoms with Crippen LogP contribution in [0.5, 0.6) is 0 Å². The van der Waals surface area contributed by atoms with Crippen LogP contribution in [-0.4, -0.2) is 27.0 Å². The molecule has 1 amide bonds. The first-order chi connectivity index (χ1) is 13.5. The minimum absolute atomic E-state index is 0.0454. The molecule has 7 heteroatoms. The molecular formula is C21H20N4O2S. The molecule has 0 bridgehead atoms. The zero-order chi connectivity index (χ0) is 19.7. The number of fused-ring (bicyclic) bond motifs is 3. The standard InChI is InChI=1S/C21H20N4O2S/c1-13-10-14(2)24-20-17(13)18-19(28-20)21(27)25(12-23-18)11-16(26)22-9-8-15-6-4-3-5-7-15/h3-7,10,12H,8-9,11H2,1-2H3,(H,22,26). The first-order valence-corrected chi connectivity index (χ1v) is 9.91. The van der Waals surface area contributed by atoms with E-state index in [0.29, 0.717) is 16.8 Å². The Bertz CT molecular complexity index is 1230. The third-order valence-electron chi connectivity index (χ3n) is 4.64. The summed E-state index contributed by atoms with van der Waals surface area (Å²) < 4.78 is 1.90. The van der Waals surface area contributed by atoms with Crippen molar-refractivity contribution in [1.29, 1.82) is 0 Å². The maximum Gasteiger partial charge on any atom is 0.271 e. The maximum absolute atomic E-state index is 12.9. The highest BCUT2D eigenvalue weighted by Crippen LogP contribution is 2.31. The number of nitrogens with zero attached hydrogens (tertiary/aromatic N) is 3. The molecule has 0 radical (unpaired) electrons. The van der Waals surface area contributed by atoms with Gasteiger partial charge in [0.25, 0.3) is 5.56 Å². The van der Waals surface area contributed by atoms with Crippen LogP contribution in [0, 0.1) is 13.8 Å². The predicted octanol–water partition coefficient (Wildman–Crippen LogP) is 2.98. The Balaban J connectivity index is 1.53. The van der Waals surface area contributed by atoms with Gasteiger partial charge in [0, 0.05) is 17.6 Å². The maximum atomic E-state index is 12.9. The van der Waals surface area contributed by atoms with E-state index in [0.717, 1.165) is 33.5 Å². The van der Waals surface area contributed by atoms with Gasteiger partial charge in [-0.05, 0) is 37.5 Å². The molecule has 1 aromatic carbocycles. The highest BCUT2D eigenvalue weighted by Gasteiger charge is 2.15. The van der Waals surface area contributed by atoms with Crippen LogP contribution >= 0.6 is 11.3 Å². The van der Waals surface area contributed by atoms with Crippen LogP contribution in [0.4, 0.5) is 0 Å². The second-order valence-electron chi connectivity index (χ2n) is 6.80. The average molecular weight is 392 g/mol. The number of aromatic nitrogens is 3. The third kappa shape index (κ3) is 3.53. The molecule has 4 aromatic rings. The van der Waals surface area contributed by atoms with Crippen molar-refractivity contribution in [2.75, 3.05) is 6.54 Å². The number of hydrogen-bond donors (Lipinski definition) is 1. The van der Waals surface area contributed by atoms with Crippen molar-refractivity contribution < 1.29 is 4.79 Å². The molecule has 4 rings (SSSR count).